The second kappa shape index (κ2) is 8.29. The van der Waals surface area contributed by atoms with E-state index in [0.717, 1.165) is 35.9 Å². The highest BCUT2D eigenvalue weighted by Gasteiger charge is 2.24. The molecular weight excluding hydrogens is 354 g/mol. The van der Waals surface area contributed by atoms with Crippen molar-refractivity contribution < 1.29 is 9.59 Å². The van der Waals surface area contributed by atoms with Crippen LogP contribution in [0.25, 0.3) is 10.9 Å². The van der Waals surface area contributed by atoms with Gasteiger partial charge in [-0.05, 0) is 54.3 Å². The number of hydrogen-bond donors (Lipinski definition) is 3. The van der Waals surface area contributed by atoms with E-state index in [1.54, 1.807) is 6.20 Å². The number of nitrogens with zero attached hydrogens (tertiary/aromatic N) is 2. The number of carbonyl (C=O) groups is 2. The van der Waals surface area contributed by atoms with Crippen molar-refractivity contribution in [2.45, 2.75) is 25.7 Å². The van der Waals surface area contributed by atoms with Crippen LogP contribution >= 0.6 is 0 Å². The van der Waals surface area contributed by atoms with Gasteiger partial charge in [0.25, 0.3) is 5.91 Å². The summed E-state index contributed by atoms with van der Waals surface area (Å²) in [6.07, 6.45) is 8.66. The Morgan fingerprint density at radius 2 is 2.21 bits per heavy atom. The smallest absolute Gasteiger partial charge is 0.251 e. The molecule has 4 rings (SSSR count). The number of likely N-dealkylation sites (tertiary alicyclic amines) is 1. The topological polar surface area (TPSA) is 93.9 Å². The maximum absolute atomic E-state index is 12.5. The van der Waals surface area contributed by atoms with Crippen LogP contribution in [0.5, 0.6) is 0 Å². The van der Waals surface area contributed by atoms with Crippen molar-refractivity contribution in [2.24, 2.45) is 5.92 Å². The van der Waals surface area contributed by atoms with Crippen molar-refractivity contribution in [1.82, 2.24) is 25.4 Å². The lowest BCUT2D eigenvalue weighted by Gasteiger charge is -2.33. The zero-order valence-electron chi connectivity index (χ0n) is 15.8. The average molecular weight is 379 g/mol. The van der Waals surface area contributed by atoms with Crippen molar-refractivity contribution in [3.8, 4) is 0 Å². The van der Waals surface area contributed by atoms with Gasteiger partial charge in [0.2, 0.25) is 5.91 Å². The number of aromatic nitrogens is 3. The van der Waals surface area contributed by atoms with Crippen LogP contribution in [-0.2, 0) is 11.2 Å². The molecule has 2 aromatic heterocycles. The summed E-state index contributed by atoms with van der Waals surface area (Å²) in [7, 11) is 0. The molecule has 0 radical (unpaired) electrons. The molecule has 0 bridgehead atoms. The SMILES string of the molecule is O=C(NCC1CCCN(C(=O)CCc2cn[nH]c2)C1)c1ccc2cc[nH]c2c1. The van der Waals surface area contributed by atoms with Gasteiger partial charge in [0.05, 0.1) is 6.20 Å². The lowest BCUT2D eigenvalue weighted by Crippen LogP contribution is -2.43. The first-order valence-electron chi connectivity index (χ1n) is 9.80. The second-order valence-corrected chi connectivity index (χ2v) is 7.44. The van der Waals surface area contributed by atoms with E-state index in [-0.39, 0.29) is 11.8 Å². The first-order chi connectivity index (χ1) is 13.7. The molecule has 28 heavy (non-hydrogen) atoms. The number of aromatic amines is 2. The van der Waals surface area contributed by atoms with Gasteiger partial charge in [0.1, 0.15) is 0 Å². The Labute approximate surface area is 163 Å². The zero-order valence-corrected chi connectivity index (χ0v) is 15.8. The van der Waals surface area contributed by atoms with Gasteiger partial charge >= 0.3 is 0 Å². The van der Waals surface area contributed by atoms with Gasteiger partial charge < -0.3 is 15.2 Å². The highest BCUT2D eigenvalue weighted by molar-refractivity contribution is 5.97. The Bertz CT molecular complexity index is 947. The molecule has 3 N–H and O–H groups in total. The summed E-state index contributed by atoms with van der Waals surface area (Å²) in [5.41, 5.74) is 2.66. The molecular formula is C21H25N5O2. The molecule has 2 amide bonds. The molecule has 1 fully saturated rings. The fourth-order valence-corrected chi connectivity index (χ4v) is 3.81. The van der Waals surface area contributed by atoms with Crippen molar-refractivity contribution in [2.75, 3.05) is 19.6 Å². The first kappa shape index (κ1) is 18.3. The van der Waals surface area contributed by atoms with Gasteiger partial charge in [-0.3, -0.25) is 14.7 Å². The van der Waals surface area contributed by atoms with E-state index in [9.17, 15) is 9.59 Å². The molecule has 0 spiro atoms. The lowest BCUT2D eigenvalue weighted by atomic mass is 9.97. The minimum absolute atomic E-state index is 0.0695. The number of nitrogens with one attached hydrogen (secondary N) is 3. The highest BCUT2D eigenvalue weighted by Crippen LogP contribution is 2.18. The summed E-state index contributed by atoms with van der Waals surface area (Å²) in [6, 6.07) is 7.65. The summed E-state index contributed by atoms with van der Waals surface area (Å²) in [6.45, 7) is 2.10. The van der Waals surface area contributed by atoms with Crippen LogP contribution in [0, 0.1) is 5.92 Å². The summed E-state index contributed by atoms with van der Waals surface area (Å²) in [5.74, 6) is 0.402. The number of hydrogen-bond acceptors (Lipinski definition) is 3. The minimum atomic E-state index is -0.0695. The molecule has 1 saturated heterocycles. The fraction of sp³-hybridized carbons (Fsp3) is 0.381. The molecule has 3 aromatic rings. The van der Waals surface area contributed by atoms with Gasteiger partial charge in [0, 0.05) is 49.5 Å². The molecule has 146 valence electrons. The minimum Gasteiger partial charge on any atom is -0.361 e. The molecule has 7 heteroatoms. The molecule has 1 unspecified atom stereocenters. The summed E-state index contributed by atoms with van der Waals surface area (Å²) in [4.78, 5) is 30.1. The van der Waals surface area contributed by atoms with Crippen LogP contribution in [0.2, 0.25) is 0 Å². The van der Waals surface area contributed by atoms with Crippen molar-refractivity contribution >= 4 is 22.7 Å². The fourth-order valence-electron chi connectivity index (χ4n) is 3.81. The maximum Gasteiger partial charge on any atom is 0.251 e. The van der Waals surface area contributed by atoms with Crippen LogP contribution in [-0.4, -0.2) is 51.5 Å². The van der Waals surface area contributed by atoms with E-state index >= 15 is 0 Å². The Hall–Kier alpha value is -3.09. The quantitative estimate of drug-likeness (QED) is 0.614. The molecule has 3 heterocycles. The third kappa shape index (κ3) is 4.24. The predicted molar refractivity (Wildman–Crippen MR) is 107 cm³/mol. The Kier molecular flexibility index (Phi) is 5.41. The zero-order chi connectivity index (χ0) is 19.3. The largest absolute Gasteiger partial charge is 0.361 e. The third-order valence-corrected chi connectivity index (χ3v) is 5.42. The van der Waals surface area contributed by atoms with Crippen molar-refractivity contribution in [3.63, 3.8) is 0 Å². The van der Waals surface area contributed by atoms with E-state index in [1.165, 1.54) is 0 Å². The number of benzene rings is 1. The molecule has 1 aliphatic heterocycles. The van der Waals surface area contributed by atoms with E-state index in [2.05, 4.69) is 20.5 Å². The molecule has 0 saturated carbocycles. The lowest BCUT2D eigenvalue weighted by molar-refractivity contribution is -0.132. The molecule has 0 aliphatic carbocycles. The Morgan fingerprint density at radius 1 is 1.29 bits per heavy atom. The van der Waals surface area contributed by atoms with Crippen LogP contribution in [0.15, 0.2) is 42.9 Å². The molecule has 1 aromatic carbocycles. The van der Waals surface area contributed by atoms with Gasteiger partial charge in [0.15, 0.2) is 0 Å². The van der Waals surface area contributed by atoms with E-state index in [0.29, 0.717) is 37.4 Å². The monoisotopic (exact) mass is 379 g/mol. The summed E-state index contributed by atoms with van der Waals surface area (Å²) >= 11 is 0. The van der Waals surface area contributed by atoms with Crippen LogP contribution in [0.3, 0.4) is 0 Å². The summed E-state index contributed by atoms with van der Waals surface area (Å²) < 4.78 is 0. The van der Waals surface area contributed by atoms with Gasteiger partial charge in [-0.2, -0.15) is 5.10 Å². The van der Waals surface area contributed by atoms with Gasteiger partial charge in [-0.25, -0.2) is 0 Å². The predicted octanol–water partition coefficient (Wildman–Crippen LogP) is 2.49. The number of carbonyl (C=O) groups excluding carboxylic acids is 2. The van der Waals surface area contributed by atoms with E-state index in [1.807, 2.05) is 41.6 Å². The normalized spacial score (nSPS) is 17.0. The standard InChI is InChI=1S/C21H25N5O2/c27-20(6-3-15-12-24-25-13-15)26-9-1-2-16(14-26)11-23-21(28)18-5-4-17-7-8-22-19(17)10-18/h4-5,7-8,10,12-13,16,22H,1-3,6,9,11,14H2,(H,23,28)(H,24,25). The summed E-state index contributed by atoms with van der Waals surface area (Å²) in [5, 5.41) is 10.8. The second-order valence-electron chi connectivity index (χ2n) is 7.44. The number of rotatable bonds is 6. The van der Waals surface area contributed by atoms with Crippen LogP contribution in [0.1, 0.15) is 35.2 Å². The average Bonchev–Trinajstić information content (AvgIpc) is 3.41. The van der Waals surface area contributed by atoms with Gasteiger partial charge in [-0.1, -0.05) is 6.07 Å². The number of H-pyrrole nitrogens is 2. The van der Waals surface area contributed by atoms with E-state index in [4.69, 9.17) is 0 Å². The third-order valence-electron chi connectivity index (χ3n) is 5.42. The first-order valence-corrected chi connectivity index (χ1v) is 9.80. The number of aryl methyl sites for hydroxylation is 1. The van der Waals surface area contributed by atoms with Crippen molar-refractivity contribution in [3.05, 3.63) is 54.0 Å². The molecule has 1 aliphatic rings. The van der Waals surface area contributed by atoms with Crippen LogP contribution < -0.4 is 5.32 Å². The maximum atomic E-state index is 12.5. The number of amides is 2. The van der Waals surface area contributed by atoms with Crippen molar-refractivity contribution in [1.29, 1.82) is 0 Å². The number of piperidine rings is 1. The highest BCUT2D eigenvalue weighted by atomic mass is 16.2. The van der Waals surface area contributed by atoms with E-state index < -0.39 is 0 Å². The Balaban J connectivity index is 1.27. The Morgan fingerprint density at radius 3 is 3.07 bits per heavy atom. The van der Waals surface area contributed by atoms with Crippen LogP contribution in [0.4, 0.5) is 0 Å². The van der Waals surface area contributed by atoms with Gasteiger partial charge in [-0.15, -0.1) is 0 Å². The molecule has 7 nitrogen and oxygen atoms in total. The molecule has 1 atom stereocenters. The number of fused-ring (bicyclic) bond motifs is 1.